The summed E-state index contributed by atoms with van der Waals surface area (Å²) in [6.45, 7) is 0. The standard InChI is InChI=1S/C13H16N4O3/c14-16-12(10-4-6-11(7-5-10)17(18)19)15-20-13(16)8-2-1-3-9-13/h4-7H,1-3,8-9,14H2. The Morgan fingerprint density at radius 2 is 1.90 bits per heavy atom. The molecule has 1 aromatic rings. The molecular weight excluding hydrogens is 260 g/mol. The minimum atomic E-state index is -0.532. The fourth-order valence-electron chi connectivity index (χ4n) is 2.77. The van der Waals surface area contributed by atoms with E-state index in [1.54, 1.807) is 17.1 Å². The lowest BCUT2D eigenvalue weighted by Gasteiger charge is -2.36. The largest absolute Gasteiger partial charge is 0.364 e. The Morgan fingerprint density at radius 1 is 1.25 bits per heavy atom. The molecule has 7 nitrogen and oxygen atoms in total. The molecule has 0 atom stereocenters. The molecule has 1 fully saturated rings. The predicted molar refractivity (Wildman–Crippen MR) is 72.6 cm³/mol. The number of rotatable bonds is 2. The predicted octanol–water partition coefficient (Wildman–Crippen LogP) is 2.12. The highest BCUT2D eigenvalue weighted by Crippen LogP contribution is 2.37. The molecule has 1 aromatic carbocycles. The summed E-state index contributed by atoms with van der Waals surface area (Å²) in [7, 11) is 0. The van der Waals surface area contributed by atoms with Crippen molar-refractivity contribution in [3.63, 3.8) is 0 Å². The Kier molecular flexibility index (Phi) is 3.06. The fraction of sp³-hybridized carbons (Fsp3) is 0.462. The number of oxime groups is 1. The van der Waals surface area contributed by atoms with Gasteiger partial charge in [0, 0.05) is 30.5 Å². The second kappa shape index (κ2) is 4.75. The minimum Gasteiger partial charge on any atom is -0.364 e. The Bertz CT molecular complexity index is 549. The van der Waals surface area contributed by atoms with E-state index in [9.17, 15) is 10.1 Å². The fourth-order valence-corrected chi connectivity index (χ4v) is 2.77. The SMILES string of the molecule is NN1C(c2ccc([N+](=O)[O-])cc2)=NOC12CCCCC2. The van der Waals surface area contributed by atoms with Gasteiger partial charge in [-0.2, -0.15) is 0 Å². The van der Waals surface area contributed by atoms with Crippen molar-refractivity contribution in [1.82, 2.24) is 5.01 Å². The molecule has 1 aliphatic heterocycles. The first-order chi connectivity index (χ1) is 9.62. The number of amidine groups is 1. The van der Waals surface area contributed by atoms with Crippen LogP contribution in [0.25, 0.3) is 0 Å². The highest BCUT2D eigenvalue weighted by molar-refractivity contribution is 5.99. The number of hydrogen-bond acceptors (Lipinski definition) is 6. The van der Waals surface area contributed by atoms with Crippen LogP contribution in [-0.2, 0) is 4.84 Å². The van der Waals surface area contributed by atoms with Gasteiger partial charge in [0.2, 0.25) is 5.72 Å². The van der Waals surface area contributed by atoms with Gasteiger partial charge in [-0.3, -0.25) is 10.1 Å². The van der Waals surface area contributed by atoms with Crippen LogP contribution in [0.15, 0.2) is 29.4 Å². The van der Waals surface area contributed by atoms with Crippen molar-refractivity contribution >= 4 is 11.5 Å². The van der Waals surface area contributed by atoms with Crippen molar-refractivity contribution in [3.8, 4) is 0 Å². The summed E-state index contributed by atoms with van der Waals surface area (Å²) in [6, 6.07) is 6.17. The molecule has 0 saturated heterocycles. The topological polar surface area (TPSA) is 94.0 Å². The van der Waals surface area contributed by atoms with Crippen molar-refractivity contribution < 1.29 is 9.76 Å². The van der Waals surface area contributed by atoms with Gasteiger partial charge < -0.3 is 4.84 Å². The molecule has 0 aromatic heterocycles. The first kappa shape index (κ1) is 12.9. The molecule has 2 N–H and O–H groups in total. The van der Waals surface area contributed by atoms with Crippen molar-refractivity contribution in [2.75, 3.05) is 0 Å². The van der Waals surface area contributed by atoms with E-state index in [1.165, 1.54) is 18.6 Å². The monoisotopic (exact) mass is 276 g/mol. The Morgan fingerprint density at radius 3 is 2.50 bits per heavy atom. The first-order valence-corrected chi connectivity index (χ1v) is 6.68. The molecule has 1 spiro atoms. The molecule has 0 amide bonds. The number of non-ortho nitro benzene ring substituents is 1. The Hall–Kier alpha value is -2.15. The summed E-state index contributed by atoms with van der Waals surface area (Å²) in [5, 5.41) is 16.3. The second-order valence-corrected chi connectivity index (χ2v) is 5.19. The molecule has 2 aliphatic rings. The molecule has 106 valence electrons. The Labute approximate surface area is 116 Å². The minimum absolute atomic E-state index is 0.0456. The van der Waals surface area contributed by atoms with E-state index in [0.717, 1.165) is 31.2 Å². The lowest BCUT2D eigenvalue weighted by Crippen LogP contribution is -2.54. The number of nitro groups is 1. The smallest absolute Gasteiger partial charge is 0.269 e. The van der Waals surface area contributed by atoms with Gasteiger partial charge in [0.05, 0.1) is 4.92 Å². The normalized spacial score (nSPS) is 20.6. The quantitative estimate of drug-likeness (QED) is 0.507. The first-order valence-electron chi connectivity index (χ1n) is 6.68. The molecular formula is C13H16N4O3. The van der Waals surface area contributed by atoms with Gasteiger partial charge in [-0.05, 0) is 25.0 Å². The summed E-state index contributed by atoms with van der Waals surface area (Å²) >= 11 is 0. The van der Waals surface area contributed by atoms with E-state index >= 15 is 0 Å². The number of hydrogen-bond donors (Lipinski definition) is 1. The van der Waals surface area contributed by atoms with Crippen LogP contribution in [0.5, 0.6) is 0 Å². The molecule has 20 heavy (non-hydrogen) atoms. The van der Waals surface area contributed by atoms with E-state index in [-0.39, 0.29) is 5.69 Å². The van der Waals surface area contributed by atoms with Crippen LogP contribution < -0.4 is 5.84 Å². The van der Waals surface area contributed by atoms with Crippen LogP contribution in [0.4, 0.5) is 5.69 Å². The van der Waals surface area contributed by atoms with E-state index in [4.69, 9.17) is 10.7 Å². The molecule has 0 unspecified atom stereocenters. The van der Waals surface area contributed by atoms with Crippen LogP contribution >= 0.6 is 0 Å². The third-order valence-corrected chi connectivity index (χ3v) is 3.94. The van der Waals surface area contributed by atoms with Crippen molar-refractivity contribution in [3.05, 3.63) is 39.9 Å². The Balaban J connectivity index is 1.82. The molecule has 0 bridgehead atoms. The zero-order valence-corrected chi connectivity index (χ0v) is 11.0. The summed E-state index contributed by atoms with van der Waals surface area (Å²) in [5.74, 6) is 6.69. The van der Waals surface area contributed by atoms with Crippen molar-refractivity contribution in [2.24, 2.45) is 11.0 Å². The average molecular weight is 276 g/mol. The molecule has 1 saturated carbocycles. The van der Waals surface area contributed by atoms with Crippen LogP contribution in [0.1, 0.15) is 37.7 Å². The molecule has 3 rings (SSSR count). The maximum Gasteiger partial charge on any atom is 0.269 e. The zero-order chi connectivity index (χ0) is 14.2. The summed E-state index contributed by atoms with van der Waals surface area (Å²) in [5.41, 5.74) is 0.236. The lowest BCUT2D eigenvalue weighted by molar-refractivity contribution is -0.384. The summed E-state index contributed by atoms with van der Waals surface area (Å²) in [6.07, 6.45) is 5.02. The summed E-state index contributed by atoms with van der Waals surface area (Å²) in [4.78, 5) is 15.8. The van der Waals surface area contributed by atoms with Gasteiger partial charge >= 0.3 is 0 Å². The van der Waals surface area contributed by atoms with E-state index < -0.39 is 10.6 Å². The van der Waals surface area contributed by atoms with Gasteiger partial charge in [0.15, 0.2) is 5.84 Å². The van der Waals surface area contributed by atoms with Crippen molar-refractivity contribution in [1.29, 1.82) is 0 Å². The van der Waals surface area contributed by atoms with Gasteiger partial charge in [0.1, 0.15) is 0 Å². The van der Waals surface area contributed by atoms with Gasteiger partial charge in [-0.1, -0.05) is 11.6 Å². The summed E-state index contributed by atoms with van der Waals surface area (Å²) < 4.78 is 0. The number of nitrogens with two attached hydrogens (primary N) is 1. The van der Waals surface area contributed by atoms with Gasteiger partial charge in [-0.15, -0.1) is 0 Å². The zero-order valence-electron chi connectivity index (χ0n) is 11.0. The highest BCUT2D eigenvalue weighted by atomic mass is 16.7. The maximum absolute atomic E-state index is 10.7. The van der Waals surface area contributed by atoms with Crippen LogP contribution in [0, 0.1) is 10.1 Å². The van der Waals surface area contributed by atoms with E-state index in [1.807, 2.05) is 0 Å². The second-order valence-electron chi connectivity index (χ2n) is 5.19. The third kappa shape index (κ3) is 2.00. The third-order valence-electron chi connectivity index (χ3n) is 3.94. The number of nitrogens with zero attached hydrogens (tertiary/aromatic N) is 3. The van der Waals surface area contributed by atoms with Gasteiger partial charge in [0.25, 0.3) is 5.69 Å². The van der Waals surface area contributed by atoms with Gasteiger partial charge in [-0.25, -0.2) is 10.9 Å². The number of benzene rings is 1. The average Bonchev–Trinajstić information content (AvgIpc) is 2.77. The number of hydrazine groups is 1. The van der Waals surface area contributed by atoms with E-state index in [0.29, 0.717) is 5.84 Å². The maximum atomic E-state index is 10.7. The van der Waals surface area contributed by atoms with Crippen LogP contribution in [0.2, 0.25) is 0 Å². The van der Waals surface area contributed by atoms with Crippen LogP contribution in [-0.4, -0.2) is 21.5 Å². The number of nitro benzene ring substituents is 1. The van der Waals surface area contributed by atoms with Crippen LogP contribution in [0.3, 0.4) is 0 Å². The molecule has 1 aliphatic carbocycles. The molecule has 7 heteroatoms. The van der Waals surface area contributed by atoms with Crippen molar-refractivity contribution in [2.45, 2.75) is 37.8 Å². The highest BCUT2D eigenvalue weighted by Gasteiger charge is 2.45. The lowest BCUT2D eigenvalue weighted by atomic mass is 9.91. The molecule has 1 heterocycles. The molecule has 0 radical (unpaired) electrons. The van der Waals surface area contributed by atoms with E-state index in [2.05, 4.69) is 5.16 Å².